The molecule has 3 aromatic rings. The molecule has 34 heavy (non-hydrogen) atoms. The minimum atomic E-state index is -0.168. The average Bonchev–Trinajstić information content (AvgIpc) is 2.85. The van der Waals surface area contributed by atoms with Gasteiger partial charge in [0.15, 0.2) is 6.61 Å². The van der Waals surface area contributed by atoms with Gasteiger partial charge in [-0.25, -0.2) is 5.43 Å². The normalized spacial score (nSPS) is 10.7. The van der Waals surface area contributed by atoms with E-state index in [0.29, 0.717) is 29.5 Å². The molecule has 0 bridgehead atoms. The number of nitrogens with zero attached hydrogens (tertiary/aromatic N) is 1. The maximum Gasteiger partial charge on any atom is 0.257 e. The molecule has 6 nitrogen and oxygen atoms in total. The number of carbonyl (C=O) groups is 2. The highest BCUT2D eigenvalue weighted by Gasteiger charge is 2.03. The molecule has 0 aliphatic heterocycles. The molecular weight excluding hydrogens is 470 g/mol. The quantitative estimate of drug-likeness (QED) is 0.217. The summed E-state index contributed by atoms with van der Waals surface area (Å²) in [6.07, 6.45) is 2.69. The Morgan fingerprint density at radius 3 is 2.41 bits per heavy atom. The van der Waals surface area contributed by atoms with Crippen molar-refractivity contribution >= 4 is 41.4 Å². The average molecular weight is 496 g/mol. The monoisotopic (exact) mass is 495 g/mol. The van der Waals surface area contributed by atoms with Gasteiger partial charge in [-0.3, -0.25) is 9.59 Å². The second-order valence-corrected chi connectivity index (χ2v) is 8.89. The first-order valence-electron chi connectivity index (χ1n) is 10.8. The van der Waals surface area contributed by atoms with Gasteiger partial charge >= 0.3 is 0 Å². The van der Waals surface area contributed by atoms with Crippen molar-refractivity contribution in [1.82, 2.24) is 10.7 Å². The highest BCUT2D eigenvalue weighted by Crippen LogP contribution is 2.20. The summed E-state index contributed by atoms with van der Waals surface area (Å²) < 4.78 is 5.52. The molecule has 0 heterocycles. The van der Waals surface area contributed by atoms with E-state index in [-0.39, 0.29) is 18.4 Å². The van der Waals surface area contributed by atoms with Crippen LogP contribution in [0.5, 0.6) is 5.75 Å². The lowest BCUT2D eigenvalue weighted by Crippen LogP contribution is -2.30. The van der Waals surface area contributed by atoms with Crippen LogP contribution in [0.2, 0.25) is 5.02 Å². The van der Waals surface area contributed by atoms with Crippen LogP contribution in [0.15, 0.2) is 88.9 Å². The van der Waals surface area contributed by atoms with E-state index in [1.807, 2.05) is 54.6 Å². The number of amides is 2. The smallest absolute Gasteiger partial charge is 0.257 e. The summed E-state index contributed by atoms with van der Waals surface area (Å²) in [6.45, 7) is 0.513. The van der Waals surface area contributed by atoms with Gasteiger partial charge in [0.1, 0.15) is 5.75 Å². The van der Waals surface area contributed by atoms with Crippen LogP contribution in [0.4, 0.5) is 0 Å². The highest BCUT2D eigenvalue weighted by atomic mass is 35.5. The summed E-state index contributed by atoms with van der Waals surface area (Å²) in [4.78, 5) is 24.9. The van der Waals surface area contributed by atoms with Gasteiger partial charge in [0, 0.05) is 28.6 Å². The molecule has 8 heteroatoms. The molecule has 2 amide bonds. The molecule has 0 fully saturated rings. The molecule has 0 unspecified atom stereocenters. The van der Waals surface area contributed by atoms with Gasteiger partial charge in [0.2, 0.25) is 5.91 Å². The van der Waals surface area contributed by atoms with E-state index < -0.39 is 0 Å². The van der Waals surface area contributed by atoms with Crippen LogP contribution in [0.1, 0.15) is 17.5 Å². The van der Waals surface area contributed by atoms with E-state index in [2.05, 4.69) is 15.8 Å². The largest absolute Gasteiger partial charge is 0.484 e. The van der Waals surface area contributed by atoms with Gasteiger partial charge in [-0.2, -0.15) is 5.10 Å². The number of halogens is 1. The number of hydrogen-bond donors (Lipinski definition) is 2. The third-order valence-electron chi connectivity index (χ3n) is 4.64. The van der Waals surface area contributed by atoms with Crippen LogP contribution in [0.25, 0.3) is 0 Å². The zero-order valence-corrected chi connectivity index (χ0v) is 20.1. The minimum absolute atomic E-state index is 0.0493. The number of thioether (sulfide) groups is 1. The molecule has 0 saturated heterocycles. The number of ether oxygens (including phenoxy) is 1. The Morgan fingerprint density at radius 2 is 1.68 bits per heavy atom. The number of hydrazone groups is 1. The SMILES string of the molecule is O=C(COc1ccc(/C=N\NC(=O)CCSc2ccc(Cl)cc2)cc1)NCCc1ccccc1. The number of hydrogen-bond acceptors (Lipinski definition) is 5. The van der Waals surface area contributed by atoms with E-state index in [0.717, 1.165) is 16.9 Å². The van der Waals surface area contributed by atoms with Crippen LogP contribution in [0.3, 0.4) is 0 Å². The number of carbonyl (C=O) groups excluding carboxylic acids is 2. The predicted molar refractivity (Wildman–Crippen MR) is 138 cm³/mol. The molecular formula is C26H26ClN3O3S. The molecule has 3 aromatic carbocycles. The molecule has 0 radical (unpaired) electrons. The van der Waals surface area contributed by atoms with E-state index in [1.165, 1.54) is 5.56 Å². The lowest BCUT2D eigenvalue weighted by molar-refractivity contribution is -0.123. The van der Waals surface area contributed by atoms with Crippen LogP contribution in [-0.2, 0) is 16.0 Å². The highest BCUT2D eigenvalue weighted by molar-refractivity contribution is 7.99. The van der Waals surface area contributed by atoms with Crippen molar-refractivity contribution < 1.29 is 14.3 Å². The molecule has 2 N–H and O–H groups in total. The van der Waals surface area contributed by atoms with Crippen molar-refractivity contribution in [3.63, 3.8) is 0 Å². The standard InChI is InChI=1S/C26H26ClN3O3S/c27-22-8-12-24(13-9-22)34-17-15-25(31)30-29-18-21-6-10-23(11-7-21)33-19-26(32)28-16-14-20-4-2-1-3-5-20/h1-13,18H,14-17,19H2,(H,28,32)(H,30,31)/b29-18-. The molecule has 0 atom stereocenters. The second-order valence-electron chi connectivity index (χ2n) is 7.29. The molecule has 3 rings (SSSR count). The Labute approximate surface area is 208 Å². The maximum absolute atomic E-state index is 11.9. The van der Waals surface area contributed by atoms with Crippen molar-refractivity contribution in [2.75, 3.05) is 18.9 Å². The van der Waals surface area contributed by atoms with Crippen molar-refractivity contribution in [2.24, 2.45) is 5.10 Å². The zero-order chi connectivity index (χ0) is 24.0. The summed E-state index contributed by atoms with van der Waals surface area (Å²) in [5.74, 6) is 0.905. The molecule has 176 valence electrons. The first-order valence-corrected chi connectivity index (χ1v) is 12.2. The van der Waals surface area contributed by atoms with Crippen LogP contribution in [0, 0.1) is 0 Å². The molecule has 0 spiro atoms. The Hall–Kier alpha value is -3.29. The topological polar surface area (TPSA) is 79.8 Å². The molecule has 0 aliphatic rings. The lowest BCUT2D eigenvalue weighted by Gasteiger charge is -2.08. The van der Waals surface area contributed by atoms with E-state index in [4.69, 9.17) is 16.3 Å². The zero-order valence-electron chi connectivity index (χ0n) is 18.6. The minimum Gasteiger partial charge on any atom is -0.484 e. The summed E-state index contributed by atoms with van der Waals surface area (Å²) in [7, 11) is 0. The Bertz CT molecular complexity index is 1070. The first kappa shape index (κ1) is 25.3. The molecule has 0 saturated carbocycles. The van der Waals surface area contributed by atoms with Gasteiger partial charge in [-0.15, -0.1) is 11.8 Å². The fraction of sp³-hybridized carbons (Fsp3) is 0.192. The van der Waals surface area contributed by atoms with Crippen molar-refractivity contribution in [3.8, 4) is 5.75 Å². The van der Waals surface area contributed by atoms with Crippen LogP contribution < -0.4 is 15.5 Å². The Kier molecular flexibility index (Phi) is 10.5. The summed E-state index contributed by atoms with van der Waals surface area (Å²) in [5, 5.41) is 7.52. The van der Waals surface area contributed by atoms with E-state index in [9.17, 15) is 9.59 Å². The molecule has 0 aliphatic carbocycles. The molecule has 0 aromatic heterocycles. The van der Waals surface area contributed by atoms with E-state index in [1.54, 1.807) is 42.2 Å². The number of benzene rings is 3. The maximum atomic E-state index is 11.9. The summed E-state index contributed by atoms with van der Waals surface area (Å²) in [5.41, 5.74) is 4.50. The van der Waals surface area contributed by atoms with Crippen molar-refractivity contribution in [2.45, 2.75) is 17.7 Å². The Balaban J connectivity index is 1.30. The van der Waals surface area contributed by atoms with Gasteiger partial charge in [0.05, 0.1) is 6.21 Å². The third kappa shape index (κ3) is 9.68. The fourth-order valence-corrected chi connectivity index (χ4v) is 3.85. The van der Waals surface area contributed by atoms with E-state index >= 15 is 0 Å². The predicted octanol–water partition coefficient (Wildman–Crippen LogP) is 4.71. The van der Waals surface area contributed by atoms with Crippen molar-refractivity contribution in [1.29, 1.82) is 0 Å². The van der Waals surface area contributed by atoms with Gasteiger partial charge in [-0.1, -0.05) is 41.9 Å². The number of nitrogens with one attached hydrogen (secondary N) is 2. The van der Waals surface area contributed by atoms with Crippen LogP contribution in [-0.4, -0.2) is 36.9 Å². The number of rotatable bonds is 12. The summed E-state index contributed by atoms with van der Waals surface area (Å²) >= 11 is 7.45. The second kappa shape index (κ2) is 14.1. The van der Waals surface area contributed by atoms with Crippen molar-refractivity contribution in [3.05, 3.63) is 95.0 Å². The summed E-state index contributed by atoms with van der Waals surface area (Å²) in [6, 6.07) is 24.6. The first-order chi connectivity index (χ1) is 16.6. The van der Waals surface area contributed by atoms with Gasteiger partial charge < -0.3 is 10.1 Å². The third-order valence-corrected chi connectivity index (χ3v) is 5.91. The lowest BCUT2D eigenvalue weighted by atomic mass is 10.1. The van der Waals surface area contributed by atoms with Gasteiger partial charge in [-0.05, 0) is 66.1 Å². The Morgan fingerprint density at radius 1 is 0.941 bits per heavy atom. The fourth-order valence-electron chi connectivity index (χ4n) is 2.87. The van der Waals surface area contributed by atoms with Crippen LogP contribution >= 0.6 is 23.4 Å². The van der Waals surface area contributed by atoms with Gasteiger partial charge in [0.25, 0.3) is 5.91 Å².